The van der Waals surface area contributed by atoms with Crippen LogP contribution in [0.4, 0.5) is 11.4 Å². The highest BCUT2D eigenvalue weighted by molar-refractivity contribution is 6.19. The Balaban J connectivity index is 1.72. The second-order valence-corrected chi connectivity index (χ2v) is 9.23. The van der Waals surface area contributed by atoms with E-state index in [0.717, 1.165) is 0 Å². The van der Waals surface area contributed by atoms with E-state index in [1.807, 2.05) is 0 Å². The second-order valence-electron chi connectivity index (χ2n) is 9.23. The van der Waals surface area contributed by atoms with Gasteiger partial charge in [0, 0.05) is 11.1 Å². The third-order valence-electron chi connectivity index (χ3n) is 6.45. The van der Waals surface area contributed by atoms with Gasteiger partial charge in [-0.05, 0) is 48.5 Å². The fourth-order valence-corrected chi connectivity index (χ4v) is 4.31. The molecule has 9 N–H and O–H groups in total. The van der Waals surface area contributed by atoms with Gasteiger partial charge in [-0.15, -0.1) is 0 Å². The lowest BCUT2D eigenvalue weighted by molar-refractivity contribution is 0.0687. The van der Waals surface area contributed by atoms with Crippen LogP contribution in [-0.2, 0) is 0 Å². The molecule has 0 atom stereocenters. The minimum atomic E-state index is -1.29. The van der Waals surface area contributed by atoms with Crippen molar-refractivity contribution in [1.82, 2.24) is 0 Å². The van der Waals surface area contributed by atoms with Crippen molar-refractivity contribution in [1.29, 1.82) is 5.41 Å². The predicted molar refractivity (Wildman–Crippen MR) is 159 cm³/mol. The summed E-state index contributed by atoms with van der Waals surface area (Å²) in [6, 6.07) is 18.8. The molecule has 0 aromatic heterocycles. The van der Waals surface area contributed by atoms with Gasteiger partial charge < -0.3 is 32.3 Å². The monoisotopic (exact) mass is 593 g/mol. The standard InChI is InChI=1S/C31H23N5O8/c32-25(15-9-11-17(26(33)37)21(13-15)28(39)35-23-7-3-1-5-19(23)30(41)42)16-10-12-18(27(34)38)22(14-16)29(40)36-24-8-4-2-6-20(24)31(43)44/h1-14,32H,(H2,33,37)(H2,34,38)(H,35,39)(H,36,40)(H,41,42)(H,43,44). The van der Waals surface area contributed by atoms with Crippen LogP contribution in [0.2, 0.25) is 0 Å². The minimum absolute atomic E-state index is 0.0388. The van der Waals surface area contributed by atoms with Gasteiger partial charge in [0.15, 0.2) is 0 Å². The highest BCUT2D eigenvalue weighted by atomic mass is 16.4. The number of nitrogens with two attached hydrogens (primary N) is 2. The molecule has 4 aromatic rings. The zero-order valence-electron chi connectivity index (χ0n) is 22.6. The van der Waals surface area contributed by atoms with Gasteiger partial charge in [-0.2, -0.15) is 0 Å². The summed E-state index contributed by atoms with van der Waals surface area (Å²) in [5.74, 6) is -6.24. The maximum Gasteiger partial charge on any atom is 0.337 e. The van der Waals surface area contributed by atoms with Gasteiger partial charge in [0.1, 0.15) is 0 Å². The fraction of sp³-hybridized carbons (Fsp3) is 0. The van der Waals surface area contributed by atoms with Crippen molar-refractivity contribution >= 4 is 52.7 Å². The quantitative estimate of drug-likeness (QED) is 0.134. The van der Waals surface area contributed by atoms with E-state index in [1.165, 1.54) is 84.9 Å². The van der Waals surface area contributed by atoms with Crippen molar-refractivity contribution in [3.05, 3.63) is 129 Å². The van der Waals surface area contributed by atoms with Crippen LogP contribution in [0, 0.1) is 5.41 Å². The number of aromatic carboxylic acids is 2. The molecule has 13 nitrogen and oxygen atoms in total. The topological polar surface area (TPSA) is 243 Å². The molecule has 0 bridgehead atoms. The number of nitrogens with one attached hydrogen (secondary N) is 3. The number of carbonyl (C=O) groups excluding carboxylic acids is 4. The van der Waals surface area contributed by atoms with Crippen LogP contribution >= 0.6 is 0 Å². The second kappa shape index (κ2) is 12.5. The number of amides is 4. The highest BCUT2D eigenvalue weighted by Gasteiger charge is 2.22. The molecule has 13 heteroatoms. The average molecular weight is 594 g/mol. The number of carboxylic acids is 2. The molecule has 0 saturated carbocycles. The highest BCUT2D eigenvalue weighted by Crippen LogP contribution is 2.23. The van der Waals surface area contributed by atoms with Crippen molar-refractivity contribution in [3.63, 3.8) is 0 Å². The predicted octanol–water partition coefficient (Wildman–Crippen LogP) is 3.20. The van der Waals surface area contributed by atoms with Crippen molar-refractivity contribution in [3.8, 4) is 0 Å². The summed E-state index contributed by atoms with van der Waals surface area (Å²) in [5, 5.41) is 32.5. The Hall–Kier alpha value is -6.63. The first-order chi connectivity index (χ1) is 20.9. The fourth-order valence-electron chi connectivity index (χ4n) is 4.31. The van der Waals surface area contributed by atoms with Gasteiger partial charge in [-0.25, -0.2) is 9.59 Å². The Kier molecular flexibility index (Phi) is 8.61. The Morgan fingerprint density at radius 1 is 0.523 bits per heavy atom. The number of carbonyl (C=O) groups is 6. The molecule has 0 spiro atoms. The van der Waals surface area contributed by atoms with E-state index in [1.54, 1.807) is 0 Å². The largest absolute Gasteiger partial charge is 0.478 e. The molecule has 0 aliphatic heterocycles. The zero-order valence-corrected chi connectivity index (χ0v) is 22.6. The van der Waals surface area contributed by atoms with Gasteiger partial charge in [0.05, 0.1) is 50.5 Å². The van der Waals surface area contributed by atoms with Gasteiger partial charge in [-0.3, -0.25) is 24.6 Å². The lowest BCUT2D eigenvalue weighted by Gasteiger charge is -2.14. The average Bonchev–Trinajstić information content (AvgIpc) is 3.00. The van der Waals surface area contributed by atoms with Gasteiger partial charge in [-0.1, -0.05) is 36.4 Å². The molecule has 0 saturated heterocycles. The maximum absolute atomic E-state index is 13.2. The number of anilines is 2. The number of primary amides is 2. The van der Waals surface area contributed by atoms with E-state index < -0.39 is 35.6 Å². The molecule has 4 amide bonds. The number of hydrogen-bond acceptors (Lipinski definition) is 7. The molecule has 0 fully saturated rings. The number of para-hydroxylation sites is 2. The van der Waals surface area contributed by atoms with Gasteiger partial charge in [0.25, 0.3) is 11.8 Å². The third-order valence-corrected chi connectivity index (χ3v) is 6.45. The van der Waals surface area contributed by atoms with Crippen molar-refractivity contribution < 1.29 is 39.0 Å². The molecule has 0 radical (unpaired) electrons. The lowest BCUT2D eigenvalue weighted by Crippen LogP contribution is -2.23. The molecule has 4 rings (SSSR count). The van der Waals surface area contributed by atoms with Crippen LogP contribution in [0.5, 0.6) is 0 Å². The molecular weight excluding hydrogens is 570 g/mol. The molecule has 0 aliphatic carbocycles. The maximum atomic E-state index is 13.2. The van der Waals surface area contributed by atoms with Crippen LogP contribution < -0.4 is 22.1 Å². The van der Waals surface area contributed by atoms with Crippen molar-refractivity contribution in [2.45, 2.75) is 0 Å². The molecule has 44 heavy (non-hydrogen) atoms. The van der Waals surface area contributed by atoms with E-state index >= 15 is 0 Å². The first-order valence-electron chi connectivity index (χ1n) is 12.6. The summed E-state index contributed by atoms with van der Waals surface area (Å²) in [6.45, 7) is 0. The van der Waals surface area contributed by atoms with Crippen LogP contribution in [0.25, 0.3) is 0 Å². The van der Waals surface area contributed by atoms with E-state index in [0.29, 0.717) is 0 Å². The third kappa shape index (κ3) is 6.31. The van der Waals surface area contributed by atoms with Crippen molar-refractivity contribution in [2.24, 2.45) is 11.5 Å². The van der Waals surface area contributed by atoms with Crippen LogP contribution in [0.15, 0.2) is 84.9 Å². The SMILES string of the molecule is N=C(c1ccc(C(N)=O)c(C(=O)Nc2ccccc2C(=O)O)c1)c1ccc(C(N)=O)c(C(=O)Nc2ccccc2C(=O)O)c1. The van der Waals surface area contributed by atoms with E-state index in [9.17, 15) is 39.0 Å². The van der Waals surface area contributed by atoms with Gasteiger partial charge >= 0.3 is 11.9 Å². The number of rotatable bonds is 10. The summed E-state index contributed by atoms with van der Waals surface area (Å²) in [4.78, 5) is 73.8. The first kappa shape index (κ1) is 30.3. The van der Waals surface area contributed by atoms with Crippen LogP contribution in [0.1, 0.15) is 73.3 Å². The molecular formula is C31H23N5O8. The number of carboxylic acid groups (broad SMARTS) is 2. The summed E-state index contributed by atoms with van der Waals surface area (Å²) >= 11 is 0. The van der Waals surface area contributed by atoms with Crippen molar-refractivity contribution in [2.75, 3.05) is 10.6 Å². The zero-order chi connectivity index (χ0) is 32.1. The Morgan fingerprint density at radius 2 is 0.886 bits per heavy atom. The Bertz CT molecular complexity index is 1760. The molecule has 0 heterocycles. The lowest BCUT2D eigenvalue weighted by atomic mass is 9.94. The summed E-state index contributed by atoms with van der Waals surface area (Å²) in [7, 11) is 0. The summed E-state index contributed by atoms with van der Waals surface area (Å²) in [5.41, 5.74) is 9.50. The molecule has 0 unspecified atom stereocenters. The Morgan fingerprint density at radius 3 is 1.23 bits per heavy atom. The smallest absolute Gasteiger partial charge is 0.337 e. The van der Waals surface area contributed by atoms with E-state index in [2.05, 4.69) is 10.6 Å². The Labute approximate surface area is 248 Å². The normalized spacial score (nSPS) is 10.4. The van der Waals surface area contributed by atoms with E-state index in [4.69, 9.17) is 16.9 Å². The minimum Gasteiger partial charge on any atom is -0.478 e. The molecule has 0 aliphatic rings. The number of benzene rings is 4. The molecule has 4 aromatic carbocycles. The summed E-state index contributed by atoms with van der Waals surface area (Å²) in [6.07, 6.45) is 0. The molecule has 220 valence electrons. The van der Waals surface area contributed by atoms with Gasteiger partial charge in [0.2, 0.25) is 11.8 Å². The first-order valence-corrected chi connectivity index (χ1v) is 12.6. The van der Waals surface area contributed by atoms with E-state index in [-0.39, 0.29) is 61.6 Å². The summed E-state index contributed by atoms with van der Waals surface area (Å²) < 4.78 is 0. The van der Waals surface area contributed by atoms with Crippen LogP contribution in [0.3, 0.4) is 0 Å². The number of hydrogen-bond donors (Lipinski definition) is 7. The van der Waals surface area contributed by atoms with Crippen LogP contribution in [-0.4, -0.2) is 51.5 Å².